The summed E-state index contributed by atoms with van der Waals surface area (Å²) in [5.41, 5.74) is 2.74. The van der Waals surface area contributed by atoms with E-state index in [1.165, 1.54) is 5.56 Å². The molecule has 0 bridgehead atoms. The highest BCUT2D eigenvalue weighted by Gasteiger charge is 2.38. The number of nitrogens with one attached hydrogen (secondary N) is 1. The molecule has 0 radical (unpaired) electrons. The molecule has 1 fully saturated rings. The maximum Gasteiger partial charge on any atom is 0.432 e. The van der Waals surface area contributed by atoms with E-state index in [0.29, 0.717) is 17.5 Å². The van der Waals surface area contributed by atoms with Crippen molar-refractivity contribution < 1.29 is 9.90 Å². The van der Waals surface area contributed by atoms with E-state index < -0.39 is 6.09 Å². The van der Waals surface area contributed by atoms with E-state index >= 15 is 0 Å². The standard InChI is InChI=1S/C16H14N4O2/c21-16(22)20-15-6-12(4-3-11(15)9-18-20)19-14-7-13(14)10-2-1-5-17-8-10/h1-6,8-9,13-14,19H,7H2,(H,21,22). The lowest BCUT2D eigenvalue weighted by Gasteiger charge is -2.06. The molecule has 0 aliphatic heterocycles. The third-order valence-electron chi connectivity index (χ3n) is 4.01. The molecule has 22 heavy (non-hydrogen) atoms. The van der Waals surface area contributed by atoms with E-state index in [-0.39, 0.29) is 0 Å². The Kier molecular flexibility index (Phi) is 2.82. The molecule has 0 saturated heterocycles. The highest BCUT2D eigenvalue weighted by molar-refractivity contribution is 5.89. The molecule has 2 N–H and O–H groups in total. The fourth-order valence-corrected chi connectivity index (χ4v) is 2.79. The van der Waals surface area contributed by atoms with Gasteiger partial charge < -0.3 is 10.4 Å². The Hall–Kier alpha value is -2.89. The van der Waals surface area contributed by atoms with Crippen LogP contribution in [-0.2, 0) is 0 Å². The van der Waals surface area contributed by atoms with Gasteiger partial charge in [0.25, 0.3) is 0 Å². The summed E-state index contributed by atoms with van der Waals surface area (Å²) in [5, 5.41) is 17.3. The number of anilines is 1. The van der Waals surface area contributed by atoms with Gasteiger partial charge in [-0.3, -0.25) is 4.98 Å². The van der Waals surface area contributed by atoms with Crippen LogP contribution in [-0.4, -0.2) is 32.0 Å². The second-order valence-electron chi connectivity index (χ2n) is 5.49. The first-order valence-electron chi connectivity index (χ1n) is 7.10. The van der Waals surface area contributed by atoms with Gasteiger partial charge in [-0.25, -0.2) is 4.79 Å². The molecule has 0 amide bonds. The molecule has 4 rings (SSSR count). The van der Waals surface area contributed by atoms with Crippen LogP contribution in [0.5, 0.6) is 0 Å². The minimum absolute atomic E-state index is 0.364. The van der Waals surface area contributed by atoms with Crippen molar-refractivity contribution in [1.82, 2.24) is 14.8 Å². The summed E-state index contributed by atoms with van der Waals surface area (Å²) in [6.45, 7) is 0. The van der Waals surface area contributed by atoms with Crippen LogP contribution in [0.25, 0.3) is 10.9 Å². The SMILES string of the molecule is O=C(O)n1ncc2ccc(NC3CC3c3cccnc3)cc21. The Balaban J connectivity index is 1.56. The molecule has 2 heterocycles. The first kappa shape index (κ1) is 12.8. The zero-order valence-electron chi connectivity index (χ0n) is 11.7. The average Bonchev–Trinajstić information content (AvgIpc) is 3.16. The Labute approximate surface area is 126 Å². The lowest BCUT2D eigenvalue weighted by molar-refractivity contribution is 0.194. The van der Waals surface area contributed by atoms with Crippen molar-refractivity contribution in [3.8, 4) is 0 Å². The van der Waals surface area contributed by atoms with Crippen LogP contribution in [0.2, 0.25) is 0 Å². The predicted octanol–water partition coefficient (Wildman–Crippen LogP) is 2.93. The van der Waals surface area contributed by atoms with Gasteiger partial charge in [-0.1, -0.05) is 6.07 Å². The maximum atomic E-state index is 11.1. The van der Waals surface area contributed by atoms with Crippen LogP contribution < -0.4 is 5.32 Å². The molecule has 1 aliphatic rings. The number of aromatic nitrogens is 3. The Morgan fingerprint density at radius 2 is 2.23 bits per heavy atom. The molecule has 0 spiro atoms. The number of rotatable bonds is 3. The molecule has 1 aromatic carbocycles. The van der Waals surface area contributed by atoms with Crippen LogP contribution in [0.4, 0.5) is 10.5 Å². The number of benzene rings is 1. The van der Waals surface area contributed by atoms with Crippen molar-refractivity contribution in [1.29, 1.82) is 0 Å². The summed E-state index contributed by atoms with van der Waals surface area (Å²) in [6.07, 6.45) is 5.21. The average molecular weight is 294 g/mol. The van der Waals surface area contributed by atoms with Crippen molar-refractivity contribution in [2.24, 2.45) is 0 Å². The van der Waals surface area contributed by atoms with Gasteiger partial charge >= 0.3 is 6.09 Å². The summed E-state index contributed by atoms with van der Waals surface area (Å²) >= 11 is 0. The highest BCUT2D eigenvalue weighted by atomic mass is 16.4. The molecular weight excluding hydrogens is 280 g/mol. The molecule has 1 aliphatic carbocycles. The van der Waals surface area contributed by atoms with E-state index in [1.807, 2.05) is 30.5 Å². The molecule has 6 nitrogen and oxygen atoms in total. The molecule has 3 aromatic rings. The monoisotopic (exact) mass is 294 g/mol. The number of pyridine rings is 1. The highest BCUT2D eigenvalue weighted by Crippen LogP contribution is 2.42. The minimum Gasteiger partial charge on any atom is -0.463 e. The van der Waals surface area contributed by atoms with Gasteiger partial charge in [0.2, 0.25) is 0 Å². The van der Waals surface area contributed by atoms with Crippen molar-refractivity contribution in [3.63, 3.8) is 0 Å². The van der Waals surface area contributed by atoms with Gasteiger partial charge in [0.05, 0.1) is 11.7 Å². The molecule has 2 aromatic heterocycles. The maximum absolute atomic E-state index is 11.1. The third kappa shape index (κ3) is 2.18. The van der Waals surface area contributed by atoms with Crippen LogP contribution in [0.15, 0.2) is 48.9 Å². The van der Waals surface area contributed by atoms with E-state index in [2.05, 4.69) is 21.5 Å². The molecule has 2 atom stereocenters. The normalized spacial score (nSPS) is 20.0. The topological polar surface area (TPSA) is 80.0 Å². The van der Waals surface area contributed by atoms with Gasteiger partial charge in [-0.05, 0) is 36.2 Å². The van der Waals surface area contributed by atoms with Crippen LogP contribution in [0.3, 0.4) is 0 Å². The van der Waals surface area contributed by atoms with E-state index in [4.69, 9.17) is 5.11 Å². The third-order valence-corrected chi connectivity index (χ3v) is 4.01. The number of hydrogen-bond donors (Lipinski definition) is 2. The van der Waals surface area contributed by atoms with Gasteiger partial charge in [0.15, 0.2) is 0 Å². The van der Waals surface area contributed by atoms with Gasteiger partial charge in [-0.15, -0.1) is 0 Å². The summed E-state index contributed by atoms with van der Waals surface area (Å²) in [7, 11) is 0. The number of nitrogens with zero attached hydrogens (tertiary/aromatic N) is 3. The molecule has 1 saturated carbocycles. The Morgan fingerprint density at radius 3 is 3.00 bits per heavy atom. The molecular formula is C16H14N4O2. The fraction of sp³-hybridized carbons (Fsp3) is 0.188. The molecule has 110 valence electrons. The van der Waals surface area contributed by atoms with E-state index in [9.17, 15) is 4.79 Å². The lowest BCUT2D eigenvalue weighted by atomic mass is 10.2. The quantitative estimate of drug-likeness (QED) is 0.776. The first-order chi connectivity index (χ1) is 10.7. The molecule has 6 heteroatoms. The van der Waals surface area contributed by atoms with Crippen LogP contribution in [0, 0.1) is 0 Å². The van der Waals surface area contributed by atoms with Crippen molar-refractivity contribution >= 4 is 22.7 Å². The number of carboxylic acid groups (broad SMARTS) is 1. The van der Waals surface area contributed by atoms with Gasteiger partial charge in [0, 0.05) is 35.4 Å². The number of carbonyl (C=O) groups is 1. The smallest absolute Gasteiger partial charge is 0.432 e. The van der Waals surface area contributed by atoms with E-state index in [1.54, 1.807) is 12.4 Å². The van der Waals surface area contributed by atoms with Crippen LogP contribution in [0.1, 0.15) is 17.9 Å². The zero-order chi connectivity index (χ0) is 15.1. The van der Waals surface area contributed by atoms with Gasteiger partial charge in [0.1, 0.15) is 0 Å². The Bertz CT molecular complexity index is 844. The predicted molar refractivity (Wildman–Crippen MR) is 82.2 cm³/mol. The second-order valence-corrected chi connectivity index (χ2v) is 5.49. The number of hydrogen-bond acceptors (Lipinski definition) is 4. The summed E-state index contributed by atoms with van der Waals surface area (Å²) in [5.74, 6) is 0.466. The minimum atomic E-state index is -1.08. The fourth-order valence-electron chi connectivity index (χ4n) is 2.79. The summed E-state index contributed by atoms with van der Waals surface area (Å²) < 4.78 is 0.992. The van der Waals surface area contributed by atoms with Crippen molar-refractivity contribution in [2.45, 2.75) is 18.4 Å². The van der Waals surface area contributed by atoms with Crippen LogP contribution >= 0.6 is 0 Å². The summed E-state index contributed by atoms with van der Waals surface area (Å²) in [4.78, 5) is 15.3. The van der Waals surface area contributed by atoms with Crippen molar-refractivity contribution in [3.05, 3.63) is 54.5 Å². The summed E-state index contributed by atoms with van der Waals surface area (Å²) in [6, 6.07) is 10.1. The zero-order valence-corrected chi connectivity index (χ0v) is 11.7. The molecule has 2 unspecified atom stereocenters. The van der Waals surface area contributed by atoms with Gasteiger partial charge in [-0.2, -0.15) is 9.78 Å². The second kappa shape index (κ2) is 4.84. The first-order valence-corrected chi connectivity index (χ1v) is 7.10. The van der Waals surface area contributed by atoms with Crippen molar-refractivity contribution in [2.75, 3.05) is 5.32 Å². The van der Waals surface area contributed by atoms with E-state index in [0.717, 1.165) is 22.2 Å². The Morgan fingerprint density at radius 1 is 1.32 bits per heavy atom. The number of fused-ring (bicyclic) bond motifs is 1. The lowest BCUT2D eigenvalue weighted by Crippen LogP contribution is -2.09. The largest absolute Gasteiger partial charge is 0.463 e.